The number of halogens is 2. The Hall–Kier alpha value is -1.99. The Labute approximate surface area is 198 Å². The first-order valence-electron chi connectivity index (χ1n) is 10.9. The number of piperazine rings is 1. The summed E-state index contributed by atoms with van der Waals surface area (Å²) in [4.78, 5) is 16.2. The van der Waals surface area contributed by atoms with Gasteiger partial charge in [-0.1, -0.05) is 23.2 Å². The van der Waals surface area contributed by atoms with E-state index in [2.05, 4.69) is 9.47 Å². The van der Waals surface area contributed by atoms with Crippen LogP contribution in [0.4, 0.5) is 4.79 Å². The van der Waals surface area contributed by atoms with Crippen LogP contribution in [0, 0.1) is 0 Å². The van der Waals surface area contributed by atoms with Gasteiger partial charge in [0.15, 0.2) is 0 Å². The Morgan fingerprint density at radius 1 is 0.969 bits per heavy atom. The van der Waals surface area contributed by atoms with Crippen molar-refractivity contribution < 1.29 is 14.6 Å². The Bertz CT molecular complexity index is 1070. The monoisotopic (exact) mass is 477 g/mol. The number of aliphatic hydroxyl groups is 1. The standard InChI is InChI=1S/C24H29Cl2N3O3/c1-24(2,3)32-23(31)28-10-8-27(9-11-28)14-18(30)15-29-21-6-4-16(25)12-19(21)20-13-17(26)5-7-22(20)29/h4-7,12-13,18,30H,8-11,14-15H2,1-3H3. The van der Waals surface area contributed by atoms with Crippen LogP contribution in [0.25, 0.3) is 21.8 Å². The van der Waals surface area contributed by atoms with Crippen LogP contribution >= 0.6 is 23.2 Å². The Balaban J connectivity index is 1.44. The molecule has 1 atom stereocenters. The fourth-order valence-corrected chi connectivity index (χ4v) is 4.60. The Morgan fingerprint density at radius 3 is 2.00 bits per heavy atom. The molecule has 2 heterocycles. The van der Waals surface area contributed by atoms with Gasteiger partial charge in [0, 0.05) is 64.6 Å². The molecule has 2 aromatic carbocycles. The lowest BCUT2D eigenvalue weighted by molar-refractivity contribution is 0.00950. The predicted molar refractivity (Wildman–Crippen MR) is 130 cm³/mol. The van der Waals surface area contributed by atoms with Crippen LogP contribution in [0.5, 0.6) is 0 Å². The summed E-state index contributed by atoms with van der Waals surface area (Å²) in [6.07, 6.45) is -0.839. The molecule has 1 aromatic heterocycles. The van der Waals surface area contributed by atoms with Gasteiger partial charge in [-0.2, -0.15) is 0 Å². The molecule has 8 heteroatoms. The summed E-state index contributed by atoms with van der Waals surface area (Å²) in [6, 6.07) is 11.6. The average molecular weight is 478 g/mol. The van der Waals surface area contributed by atoms with Gasteiger partial charge in [-0.3, -0.25) is 4.90 Å². The molecule has 1 saturated heterocycles. The van der Waals surface area contributed by atoms with E-state index in [1.54, 1.807) is 4.90 Å². The number of carbonyl (C=O) groups excluding carboxylic acids is 1. The maximum Gasteiger partial charge on any atom is 0.410 e. The number of benzene rings is 2. The van der Waals surface area contributed by atoms with Gasteiger partial charge in [0.1, 0.15) is 5.60 Å². The molecular weight excluding hydrogens is 449 g/mol. The minimum absolute atomic E-state index is 0.277. The molecule has 172 valence electrons. The van der Waals surface area contributed by atoms with Crippen LogP contribution in [0.15, 0.2) is 36.4 Å². The number of β-amino-alcohol motifs (C(OH)–C–C–N with tert-alkyl or cyclic N) is 1. The molecule has 1 N–H and O–H groups in total. The highest BCUT2D eigenvalue weighted by molar-refractivity contribution is 6.33. The van der Waals surface area contributed by atoms with Gasteiger partial charge in [-0.25, -0.2) is 4.79 Å². The first-order valence-corrected chi connectivity index (χ1v) is 11.6. The van der Waals surface area contributed by atoms with Crippen molar-refractivity contribution in [1.29, 1.82) is 0 Å². The molecule has 0 spiro atoms. The largest absolute Gasteiger partial charge is 0.444 e. The molecule has 0 bridgehead atoms. The maximum atomic E-state index is 12.3. The topological polar surface area (TPSA) is 57.9 Å². The fraction of sp³-hybridized carbons (Fsp3) is 0.458. The van der Waals surface area contributed by atoms with Gasteiger partial charge < -0.3 is 19.3 Å². The summed E-state index contributed by atoms with van der Waals surface area (Å²) >= 11 is 12.5. The fourth-order valence-electron chi connectivity index (χ4n) is 4.25. The van der Waals surface area contributed by atoms with Crippen molar-refractivity contribution in [2.24, 2.45) is 0 Å². The van der Waals surface area contributed by atoms with Gasteiger partial charge in [0.25, 0.3) is 0 Å². The highest BCUT2D eigenvalue weighted by Gasteiger charge is 2.27. The van der Waals surface area contributed by atoms with Crippen molar-refractivity contribution in [3.8, 4) is 0 Å². The van der Waals surface area contributed by atoms with Crippen molar-refractivity contribution in [2.75, 3.05) is 32.7 Å². The second kappa shape index (κ2) is 9.10. The lowest BCUT2D eigenvalue weighted by atomic mass is 10.1. The highest BCUT2D eigenvalue weighted by Crippen LogP contribution is 2.33. The zero-order valence-corrected chi connectivity index (χ0v) is 20.2. The first-order chi connectivity index (χ1) is 15.1. The summed E-state index contributed by atoms with van der Waals surface area (Å²) < 4.78 is 7.58. The molecule has 32 heavy (non-hydrogen) atoms. The SMILES string of the molecule is CC(C)(C)OC(=O)N1CCN(CC(O)Cn2c3ccc(Cl)cc3c3cc(Cl)ccc32)CC1. The zero-order chi connectivity index (χ0) is 23.0. The number of carbonyl (C=O) groups is 1. The second-order valence-electron chi connectivity index (χ2n) is 9.36. The third-order valence-electron chi connectivity index (χ3n) is 5.68. The number of amides is 1. The van der Waals surface area contributed by atoms with Crippen LogP contribution in [0.2, 0.25) is 10.0 Å². The van der Waals surface area contributed by atoms with E-state index in [1.807, 2.05) is 57.2 Å². The summed E-state index contributed by atoms with van der Waals surface area (Å²) in [5.74, 6) is 0. The van der Waals surface area contributed by atoms with Crippen molar-refractivity contribution in [1.82, 2.24) is 14.4 Å². The Kier molecular flexibility index (Phi) is 6.59. The van der Waals surface area contributed by atoms with Crippen LogP contribution in [-0.4, -0.2) is 70.0 Å². The lowest BCUT2D eigenvalue weighted by Crippen LogP contribution is -2.51. The maximum absolute atomic E-state index is 12.3. The minimum Gasteiger partial charge on any atom is -0.444 e. The Morgan fingerprint density at radius 2 is 1.50 bits per heavy atom. The molecular formula is C24H29Cl2N3O3. The van der Waals surface area contributed by atoms with Crippen molar-refractivity contribution in [3.63, 3.8) is 0 Å². The number of nitrogens with zero attached hydrogens (tertiary/aromatic N) is 3. The van der Waals surface area contributed by atoms with E-state index in [0.717, 1.165) is 21.8 Å². The van der Waals surface area contributed by atoms with E-state index in [4.69, 9.17) is 27.9 Å². The van der Waals surface area contributed by atoms with E-state index in [0.29, 0.717) is 49.3 Å². The van der Waals surface area contributed by atoms with Gasteiger partial charge in [-0.05, 0) is 57.2 Å². The van der Waals surface area contributed by atoms with Gasteiger partial charge in [0.05, 0.1) is 12.6 Å². The first kappa shape index (κ1) is 23.2. The van der Waals surface area contributed by atoms with Gasteiger partial charge in [0.2, 0.25) is 0 Å². The van der Waals surface area contributed by atoms with Crippen LogP contribution in [-0.2, 0) is 11.3 Å². The molecule has 6 nitrogen and oxygen atoms in total. The van der Waals surface area contributed by atoms with Crippen LogP contribution < -0.4 is 0 Å². The van der Waals surface area contributed by atoms with E-state index in [1.165, 1.54) is 0 Å². The molecule has 1 unspecified atom stereocenters. The van der Waals surface area contributed by atoms with E-state index >= 15 is 0 Å². The minimum atomic E-state index is -0.562. The summed E-state index contributed by atoms with van der Waals surface area (Å²) in [6.45, 7) is 9.18. The number of fused-ring (bicyclic) bond motifs is 3. The molecule has 1 fully saturated rings. The van der Waals surface area contributed by atoms with Crippen LogP contribution in [0.1, 0.15) is 20.8 Å². The smallest absolute Gasteiger partial charge is 0.410 e. The summed E-state index contributed by atoms with van der Waals surface area (Å²) in [5, 5.41) is 14.3. The van der Waals surface area contributed by atoms with Crippen LogP contribution in [0.3, 0.4) is 0 Å². The number of hydrogen-bond donors (Lipinski definition) is 1. The summed E-state index contributed by atoms with van der Waals surface area (Å²) in [7, 11) is 0. The molecule has 0 aliphatic carbocycles. The number of rotatable bonds is 4. The normalized spacial score (nSPS) is 16.6. The number of aromatic nitrogens is 1. The molecule has 1 aliphatic heterocycles. The molecule has 0 saturated carbocycles. The predicted octanol–water partition coefficient (Wildman–Crippen LogP) is 5.01. The molecule has 3 aromatic rings. The number of aliphatic hydroxyl groups excluding tert-OH is 1. The third-order valence-corrected chi connectivity index (χ3v) is 6.15. The number of hydrogen-bond acceptors (Lipinski definition) is 4. The highest BCUT2D eigenvalue weighted by atomic mass is 35.5. The molecule has 1 aliphatic rings. The molecule has 0 radical (unpaired) electrons. The molecule has 4 rings (SSSR count). The van der Waals surface area contributed by atoms with E-state index < -0.39 is 11.7 Å². The number of ether oxygens (including phenoxy) is 1. The van der Waals surface area contributed by atoms with Gasteiger partial charge in [-0.15, -0.1) is 0 Å². The quantitative estimate of drug-likeness (QED) is 0.573. The van der Waals surface area contributed by atoms with E-state index in [-0.39, 0.29) is 6.09 Å². The van der Waals surface area contributed by atoms with E-state index in [9.17, 15) is 9.90 Å². The zero-order valence-electron chi connectivity index (χ0n) is 18.6. The van der Waals surface area contributed by atoms with Crippen molar-refractivity contribution >= 4 is 51.1 Å². The van der Waals surface area contributed by atoms with Crippen molar-refractivity contribution in [3.05, 3.63) is 46.4 Å². The van der Waals surface area contributed by atoms with Crippen molar-refractivity contribution in [2.45, 2.75) is 39.0 Å². The second-order valence-corrected chi connectivity index (χ2v) is 10.2. The average Bonchev–Trinajstić information content (AvgIpc) is 2.99. The lowest BCUT2D eigenvalue weighted by Gasteiger charge is -2.36. The third kappa shape index (κ3) is 5.15. The molecule has 1 amide bonds. The van der Waals surface area contributed by atoms with Gasteiger partial charge >= 0.3 is 6.09 Å². The summed E-state index contributed by atoms with van der Waals surface area (Å²) in [5.41, 5.74) is 1.53.